The van der Waals surface area contributed by atoms with Crippen molar-refractivity contribution in [2.75, 3.05) is 12.4 Å². The van der Waals surface area contributed by atoms with E-state index in [2.05, 4.69) is 53.8 Å². The molecule has 23 heavy (non-hydrogen) atoms. The summed E-state index contributed by atoms with van der Waals surface area (Å²) in [7, 11) is 0. The van der Waals surface area contributed by atoms with Crippen LogP contribution >= 0.6 is 11.8 Å². The molecule has 2 unspecified atom stereocenters. The zero-order valence-corrected chi connectivity index (χ0v) is 14.1. The Hall–Kier alpha value is -1.45. The highest BCUT2D eigenvalue weighted by Crippen LogP contribution is 2.31. The first-order valence-electron chi connectivity index (χ1n) is 8.51. The summed E-state index contributed by atoms with van der Waals surface area (Å²) < 4.78 is 6.24. The summed E-state index contributed by atoms with van der Waals surface area (Å²) in [6, 6.07) is 17.5. The SMILES string of the molecule is c1ccc(CC2CCc3cc(CC4CNCS4)ccc3O2)cc1. The second-order valence-electron chi connectivity index (χ2n) is 6.50. The molecule has 2 aliphatic heterocycles. The van der Waals surface area contributed by atoms with Gasteiger partial charge in [-0.1, -0.05) is 42.5 Å². The lowest BCUT2D eigenvalue weighted by Crippen LogP contribution is -2.25. The average Bonchev–Trinajstić information content (AvgIpc) is 3.09. The molecular weight excluding hydrogens is 302 g/mol. The van der Waals surface area contributed by atoms with E-state index in [9.17, 15) is 0 Å². The van der Waals surface area contributed by atoms with Gasteiger partial charge >= 0.3 is 0 Å². The minimum Gasteiger partial charge on any atom is -0.490 e. The van der Waals surface area contributed by atoms with Gasteiger partial charge in [-0.05, 0) is 42.0 Å². The maximum atomic E-state index is 6.24. The van der Waals surface area contributed by atoms with Crippen molar-refractivity contribution < 1.29 is 4.74 Å². The fraction of sp³-hybridized carbons (Fsp3) is 0.400. The topological polar surface area (TPSA) is 21.3 Å². The molecule has 2 nitrogen and oxygen atoms in total. The molecule has 0 bridgehead atoms. The van der Waals surface area contributed by atoms with E-state index in [-0.39, 0.29) is 0 Å². The van der Waals surface area contributed by atoms with E-state index in [1.54, 1.807) is 0 Å². The van der Waals surface area contributed by atoms with E-state index < -0.39 is 0 Å². The first-order valence-corrected chi connectivity index (χ1v) is 9.56. The molecule has 2 heterocycles. The van der Waals surface area contributed by atoms with Crippen LogP contribution in [-0.4, -0.2) is 23.8 Å². The van der Waals surface area contributed by atoms with Crippen LogP contribution in [0.1, 0.15) is 23.1 Å². The average molecular weight is 325 g/mol. The summed E-state index contributed by atoms with van der Waals surface area (Å²) in [4.78, 5) is 0. The lowest BCUT2D eigenvalue weighted by Gasteiger charge is -2.27. The van der Waals surface area contributed by atoms with Gasteiger partial charge in [-0.15, -0.1) is 11.8 Å². The molecule has 0 spiro atoms. The highest BCUT2D eigenvalue weighted by atomic mass is 32.2. The monoisotopic (exact) mass is 325 g/mol. The standard InChI is InChI=1S/C20H23NOS/c1-2-4-15(5-3-1)11-18-8-7-17-10-16(6-9-20(17)22-18)12-19-13-21-14-23-19/h1-6,9-10,18-19,21H,7-8,11-14H2. The molecule has 2 aromatic rings. The maximum absolute atomic E-state index is 6.24. The first kappa shape index (κ1) is 15.1. The van der Waals surface area contributed by atoms with E-state index >= 15 is 0 Å². The van der Waals surface area contributed by atoms with E-state index in [0.29, 0.717) is 6.10 Å². The summed E-state index contributed by atoms with van der Waals surface area (Å²) in [5.41, 5.74) is 4.21. The number of benzene rings is 2. The molecule has 3 heteroatoms. The van der Waals surface area contributed by atoms with Crippen molar-refractivity contribution in [3.05, 3.63) is 65.2 Å². The van der Waals surface area contributed by atoms with Gasteiger partial charge in [0.1, 0.15) is 11.9 Å². The summed E-state index contributed by atoms with van der Waals surface area (Å²) in [6.07, 6.45) is 4.73. The quantitative estimate of drug-likeness (QED) is 0.923. The first-order chi connectivity index (χ1) is 11.4. The predicted octanol–water partition coefficient (Wildman–Crippen LogP) is 3.83. The number of hydrogen-bond donors (Lipinski definition) is 1. The molecule has 4 rings (SSSR count). The molecule has 0 saturated carbocycles. The van der Waals surface area contributed by atoms with E-state index in [1.807, 2.05) is 11.8 Å². The van der Waals surface area contributed by atoms with Gasteiger partial charge in [-0.25, -0.2) is 0 Å². The largest absolute Gasteiger partial charge is 0.490 e. The molecule has 2 aromatic carbocycles. The third-order valence-electron chi connectivity index (χ3n) is 4.72. The van der Waals surface area contributed by atoms with E-state index in [0.717, 1.165) is 42.7 Å². The van der Waals surface area contributed by atoms with Crippen molar-refractivity contribution in [1.82, 2.24) is 5.32 Å². The van der Waals surface area contributed by atoms with Crippen molar-refractivity contribution in [3.63, 3.8) is 0 Å². The Labute approximate surface area is 142 Å². The lowest BCUT2D eigenvalue weighted by molar-refractivity contribution is 0.174. The molecule has 0 aliphatic carbocycles. The normalized spacial score (nSPS) is 23.3. The van der Waals surface area contributed by atoms with Gasteiger partial charge in [0.2, 0.25) is 0 Å². The van der Waals surface area contributed by atoms with Crippen LogP contribution in [0.15, 0.2) is 48.5 Å². The summed E-state index contributed by atoms with van der Waals surface area (Å²) >= 11 is 2.03. The van der Waals surface area contributed by atoms with Gasteiger partial charge in [-0.3, -0.25) is 0 Å². The molecule has 0 amide bonds. The molecule has 1 saturated heterocycles. The Morgan fingerprint density at radius 2 is 1.96 bits per heavy atom. The van der Waals surface area contributed by atoms with E-state index in [4.69, 9.17) is 4.74 Å². The van der Waals surface area contributed by atoms with E-state index in [1.165, 1.54) is 23.1 Å². The van der Waals surface area contributed by atoms with Gasteiger partial charge in [0.05, 0.1) is 0 Å². The van der Waals surface area contributed by atoms with Gasteiger partial charge in [0.25, 0.3) is 0 Å². The Balaban J connectivity index is 1.41. The minimum atomic E-state index is 0.310. The second-order valence-corrected chi connectivity index (χ2v) is 7.79. The number of ether oxygens (including phenoxy) is 1. The smallest absolute Gasteiger partial charge is 0.122 e. The fourth-order valence-electron chi connectivity index (χ4n) is 3.50. The van der Waals surface area contributed by atoms with Crippen LogP contribution < -0.4 is 10.1 Å². The Bertz CT molecular complexity index is 652. The third-order valence-corrected chi connectivity index (χ3v) is 5.89. The van der Waals surface area contributed by atoms with Gasteiger partial charge in [0, 0.05) is 24.1 Å². The molecule has 0 radical (unpaired) electrons. The molecule has 120 valence electrons. The van der Waals surface area contributed by atoms with Crippen LogP contribution in [-0.2, 0) is 19.3 Å². The number of thioether (sulfide) groups is 1. The van der Waals surface area contributed by atoms with Crippen LogP contribution in [0.3, 0.4) is 0 Å². The lowest BCUT2D eigenvalue weighted by atomic mass is 9.95. The molecular formula is C20H23NOS. The van der Waals surface area contributed by atoms with Crippen molar-refractivity contribution in [1.29, 1.82) is 0 Å². The Kier molecular flexibility index (Phi) is 4.58. The van der Waals surface area contributed by atoms with Crippen molar-refractivity contribution in [3.8, 4) is 5.75 Å². The summed E-state index contributed by atoms with van der Waals surface area (Å²) in [6.45, 7) is 1.14. The molecule has 0 aromatic heterocycles. The van der Waals surface area contributed by atoms with Gasteiger partial charge < -0.3 is 10.1 Å². The van der Waals surface area contributed by atoms with Crippen molar-refractivity contribution in [2.45, 2.75) is 37.0 Å². The number of rotatable bonds is 4. The molecule has 2 atom stereocenters. The van der Waals surface area contributed by atoms with Crippen LogP contribution in [0.5, 0.6) is 5.75 Å². The fourth-order valence-corrected chi connectivity index (χ4v) is 4.51. The Morgan fingerprint density at radius 1 is 1.04 bits per heavy atom. The van der Waals surface area contributed by atoms with Crippen LogP contribution in [0.4, 0.5) is 0 Å². The minimum absolute atomic E-state index is 0.310. The van der Waals surface area contributed by atoms with Gasteiger partial charge in [-0.2, -0.15) is 0 Å². The van der Waals surface area contributed by atoms with Crippen LogP contribution in [0.2, 0.25) is 0 Å². The Morgan fingerprint density at radius 3 is 2.78 bits per heavy atom. The summed E-state index contributed by atoms with van der Waals surface area (Å²) in [5, 5.41) is 4.15. The zero-order chi connectivity index (χ0) is 15.5. The number of fused-ring (bicyclic) bond motifs is 1. The molecule has 1 fully saturated rings. The highest BCUT2D eigenvalue weighted by molar-refractivity contribution is 8.00. The van der Waals surface area contributed by atoms with Gasteiger partial charge in [0.15, 0.2) is 0 Å². The van der Waals surface area contributed by atoms with Crippen LogP contribution in [0.25, 0.3) is 0 Å². The maximum Gasteiger partial charge on any atom is 0.122 e. The molecule has 1 N–H and O–H groups in total. The van der Waals surface area contributed by atoms with Crippen molar-refractivity contribution in [2.24, 2.45) is 0 Å². The number of hydrogen-bond acceptors (Lipinski definition) is 3. The third kappa shape index (κ3) is 3.73. The molecule has 2 aliphatic rings. The summed E-state index contributed by atoms with van der Waals surface area (Å²) in [5.74, 6) is 2.19. The predicted molar refractivity (Wildman–Crippen MR) is 97.3 cm³/mol. The highest BCUT2D eigenvalue weighted by Gasteiger charge is 2.21. The zero-order valence-electron chi connectivity index (χ0n) is 13.3. The number of aryl methyl sites for hydroxylation is 1. The van der Waals surface area contributed by atoms with Crippen LogP contribution in [0, 0.1) is 0 Å². The second kappa shape index (κ2) is 6.98. The number of nitrogens with one attached hydrogen (secondary N) is 1. The van der Waals surface area contributed by atoms with Crippen molar-refractivity contribution >= 4 is 11.8 Å².